The topological polar surface area (TPSA) is 66.5 Å². The van der Waals surface area contributed by atoms with Gasteiger partial charge < -0.3 is 5.32 Å². The number of piperidine rings is 1. The summed E-state index contributed by atoms with van der Waals surface area (Å²) in [6, 6.07) is 8.16. The Balaban J connectivity index is 1.90. The SMILES string of the molecule is CC1CCN(S(=O)(=O)c2ccc(Cl)c(C(=O)Nc3ccccc3C(F)(F)F)c2)CC1. The van der Waals surface area contributed by atoms with Gasteiger partial charge in [-0.2, -0.15) is 17.5 Å². The van der Waals surface area contributed by atoms with Crippen LogP contribution >= 0.6 is 11.6 Å². The molecule has 0 spiro atoms. The Bertz CT molecular complexity index is 1050. The van der Waals surface area contributed by atoms with Gasteiger partial charge in [0.05, 0.1) is 26.7 Å². The molecule has 162 valence electrons. The normalized spacial score (nSPS) is 16.4. The summed E-state index contributed by atoms with van der Waals surface area (Å²) in [5.41, 5.74) is -1.68. The van der Waals surface area contributed by atoms with Crippen LogP contribution in [0, 0.1) is 5.92 Å². The lowest BCUT2D eigenvalue weighted by Gasteiger charge is -2.29. The zero-order valence-corrected chi connectivity index (χ0v) is 17.6. The average Bonchev–Trinajstić information content (AvgIpc) is 2.68. The third-order valence-corrected chi connectivity index (χ3v) is 7.27. The van der Waals surface area contributed by atoms with Crippen LogP contribution in [0.25, 0.3) is 0 Å². The molecule has 0 saturated carbocycles. The smallest absolute Gasteiger partial charge is 0.321 e. The van der Waals surface area contributed by atoms with E-state index in [4.69, 9.17) is 11.6 Å². The van der Waals surface area contributed by atoms with Crippen molar-refractivity contribution in [3.05, 3.63) is 58.6 Å². The van der Waals surface area contributed by atoms with Crippen LogP contribution in [0.1, 0.15) is 35.7 Å². The first kappa shape index (κ1) is 22.6. The fourth-order valence-corrected chi connectivity index (χ4v) is 4.94. The van der Waals surface area contributed by atoms with Gasteiger partial charge in [0, 0.05) is 13.1 Å². The molecule has 0 radical (unpaired) electrons. The van der Waals surface area contributed by atoms with Crippen molar-refractivity contribution < 1.29 is 26.4 Å². The molecule has 0 bridgehead atoms. The minimum atomic E-state index is -4.66. The Morgan fingerprint density at radius 3 is 2.40 bits per heavy atom. The Morgan fingerprint density at radius 2 is 1.77 bits per heavy atom. The molecule has 1 aliphatic rings. The molecule has 3 rings (SSSR count). The van der Waals surface area contributed by atoms with E-state index in [0.29, 0.717) is 19.0 Å². The van der Waals surface area contributed by atoms with Gasteiger partial charge in [-0.05, 0) is 49.1 Å². The Labute approximate surface area is 177 Å². The highest BCUT2D eigenvalue weighted by Crippen LogP contribution is 2.35. The summed E-state index contributed by atoms with van der Waals surface area (Å²) in [5, 5.41) is 2.12. The van der Waals surface area contributed by atoms with Crippen molar-refractivity contribution in [3.63, 3.8) is 0 Å². The maximum Gasteiger partial charge on any atom is 0.418 e. The maximum absolute atomic E-state index is 13.2. The number of anilines is 1. The number of rotatable bonds is 4. The lowest BCUT2D eigenvalue weighted by Crippen LogP contribution is -2.37. The summed E-state index contributed by atoms with van der Waals surface area (Å²) in [6.45, 7) is 2.78. The quantitative estimate of drug-likeness (QED) is 0.695. The van der Waals surface area contributed by atoms with Crippen LogP contribution in [0.2, 0.25) is 5.02 Å². The van der Waals surface area contributed by atoms with E-state index in [2.05, 4.69) is 5.32 Å². The number of nitrogens with one attached hydrogen (secondary N) is 1. The van der Waals surface area contributed by atoms with Gasteiger partial charge in [0.1, 0.15) is 0 Å². The average molecular weight is 461 g/mol. The second-order valence-electron chi connectivity index (χ2n) is 7.23. The van der Waals surface area contributed by atoms with Crippen LogP contribution < -0.4 is 5.32 Å². The maximum atomic E-state index is 13.2. The van der Waals surface area contributed by atoms with Crippen molar-refractivity contribution in [2.45, 2.75) is 30.8 Å². The zero-order valence-electron chi connectivity index (χ0n) is 16.0. The molecule has 2 aromatic carbocycles. The molecule has 1 N–H and O–H groups in total. The molecule has 1 aliphatic heterocycles. The number of hydrogen-bond acceptors (Lipinski definition) is 3. The molecule has 0 aromatic heterocycles. The number of sulfonamides is 1. The first-order valence-corrected chi connectivity index (χ1v) is 11.1. The molecular weight excluding hydrogens is 441 g/mol. The molecule has 10 heteroatoms. The zero-order chi connectivity index (χ0) is 22.1. The van der Waals surface area contributed by atoms with E-state index >= 15 is 0 Å². The molecule has 1 amide bonds. The summed E-state index contributed by atoms with van der Waals surface area (Å²) in [6.07, 6.45) is -3.20. The third kappa shape index (κ3) is 4.79. The Hall–Kier alpha value is -2.10. The van der Waals surface area contributed by atoms with Crippen LogP contribution in [0.3, 0.4) is 0 Å². The lowest BCUT2D eigenvalue weighted by molar-refractivity contribution is -0.136. The Kier molecular flexibility index (Phi) is 6.45. The number of carbonyl (C=O) groups is 1. The molecule has 1 saturated heterocycles. The molecule has 0 unspecified atom stereocenters. The molecule has 1 heterocycles. The summed E-state index contributed by atoms with van der Waals surface area (Å²) in [4.78, 5) is 12.5. The fourth-order valence-electron chi connectivity index (χ4n) is 3.24. The van der Waals surface area contributed by atoms with Crippen molar-refractivity contribution in [1.82, 2.24) is 4.31 Å². The number of para-hydroxylation sites is 1. The van der Waals surface area contributed by atoms with Crippen LogP contribution in [0.4, 0.5) is 18.9 Å². The monoisotopic (exact) mass is 460 g/mol. The minimum absolute atomic E-state index is 0.0665. The van der Waals surface area contributed by atoms with Crippen molar-refractivity contribution in [3.8, 4) is 0 Å². The molecule has 2 aromatic rings. The van der Waals surface area contributed by atoms with Gasteiger partial charge in [0.25, 0.3) is 5.91 Å². The predicted molar refractivity (Wildman–Crippen MR) is 108 cm³/mol. The van der Waals surface area contributed by atoms with E-state index in [1.165, 1.54) is 28.6 Å². The minimum Gasteiger partial charge on any atom is -0.321 e. The number of nitrogens with zero attached hydrogens (tertiary/aromatic N) is 1. The summed E-state index contributed by atoms with van der Waals surface area (Å²) >= 11 is 6.05. The molecule has 30 heavy (non-hydrogen) atoms. The summed E-state index contributed by atoms with van der Waals surface area (Å²) < 4.78 is 66.7. The van der Waals surface area contributed by atoms with E-state index in [1.54, 1.807) is 0 Å². The second kappa shape index (κ2) is 8.56. The van der Waals surface area contributed by atoms with Crippen LogP contribution in [0.15, 0.2) is 47.4 Å². The lowest BCUT2D eigenvalue weighted by atomic mass is 10.0. The third-order valence-electron chi connectivity index (χ3n) is 5.04. The predicted octanol–water partition coefficient (Wildman–Crippen LogP) is 5.03. The van der Waals surface area contributed by atoms with Crippen LogP contribution in [0.5, 0.6) is 0 Å². The van der Waals surface area contributed by atoms with E-state index in [9.17, 15) is 26.4 Å². The highest BCUT2D eigenvalue weighted by Gasteiger charge is 2.34. The van der Waals surface area contributed by atoms with Gasteiger partial charge in [-0.1, -0.05) is 30.7 Å². The summed E-state index contributed by atoms with van der Waals surface area (Å²) in [7, 11) is -3.85. The number of amides is 1. The van der Waals surface area contributed by atoms with Crippen molar-refractivity contribution in [2.75, 3.05) is 18.4 Å². The van der Waals surface area contributed by atoms with Gasteiger partial charge in [-0.3, -0.25) is 4.79 Å². The van der Waals surface area contributed by atoms with E-state index in [-0.39, 0.29) is 15.5 Å². The van der Waals surface area contributed by atoms with Gasteiger partial charge >= 0.3 is 6.18 Å². The molecule has 0 atom stereocenters. The van der Waals surface area contributed by atoms with Gasteiger partial charge in [-0.25, -0.2) is 8.42 Å². The highest BCUT2D eigenvalue weighted by molar-refractivity contribution is 7.89. The summed E-state index contributed by atoms with van der Waals surface area (Å²) in [5.74, 6) is -0.502. The number of alkyl halides is 3. The van der Waals surface area contributed by atoms with E-state index < -0.39 is 33.4 Å². The van der Waals surface area contributed by atoms with E-state index in [1.807, 2.05) is 6.92 Å². The second-order valence-corrected chi connectivity index (χ2v) is 9.57. The highest BCUT2D eigenvalue weighted by atomic mass is 35.5. The number of carbonyl (C=O) groups excluding carboxylic acids is 1. The molecular formula is C20H20ClF3N2O3S. The standard InChI is InChI=1S/C20H20ClF3N2O3S/c1-13-8-10-26(11-9-13)30(28,29)14-6-7-17(21)15(12-14)19(27)25-18-5-3-2-4-16(18)20(22,23)24/h2-7,12-13H,8-11H2,1H3,(H,25,27). The molecule has 0 aliphatic carbocycles. The van der Waals surface area contributed by atoms with E-state index in [0.717, 1.165) is 31.0 Å². The molecule has 1 fully saturated rings. The van der Waals surface area contributed by atoms with Gasteiger partial charge in [-0.15, -0.1) is 0 Å². The van der Waals surface area contributed by atoms with Crippen LogP contribution in [-0.2, 0) is 16.2 Å². The largest absolute Gasteiger partial charge is 0.418 e. The van der Waals surface area contributed by atoms with Crippen molar-refractivity contribution >= 4 is 33.2 Å². The van der Waals surface area contributed by atoms with Crippen LogP contribution in [-0.4, -0.2) is 31.7 Å². The number of benzene rings is 2. The van der Waals surface area contributed by atoms with Gasteiger partial charge in [0.2, 0.25) is 10.0 Å². The van der Waals surface area contributed by atoms with Crippen molar-refractivity contribution in [1.29, 1.82) is 0 Å². The first-order valence-electron chi connectivity index (χ1n) is 9.27. The number of hydrogen-bond donors (Lipinski definition) is 1. The first-order chi connectivity index (χ1) is 14.0. The van der Waals surface area contributed by atoms with Crippen molar-refractivity contribution in [2.24, 2.45) is 5.92 Å². The number of halogens is 4. The Morgan fingerprint density at radius 1 is 1.13 bits per heavy atom. The van der Waals surface area contributed by atoms with Gasteiger partial charge in [0.15, 0.2) is 0 Å². The fraction of sp³-hybridized carbons (Fsp3) is 0.350. The molecule has 5 nitrogen and oxygen atoms in total.